The number of hydrogen-bond donors (Lipinski definition) is 1. The fourth-order valence-corrected chi connectivity index (χ4v) is 4.82. The Kier molecular flexibility index (Phi) is 5.79. The van der Waals surface area contributed by atoms with E-state index < -0.39 is 0 Å². The van der Waals surface area contributed by atoms with E-state index in [0.717, 1.165) is 58.7 Å². The number of hydrogen-bond acceptors (Lipinski definition) is 5. The lowest BCUT2D eigenvalue weighted by Gasteiger charge is -2.10. The maximum absolute atomic E-state index is 13.4. The van der Waals surface area contributed by atoms with Crippen molar-refractivity contribution in [2.45, 2.75) is 46.0 Å². The topological polar surface area (TPSA) is 90.5 Å². The van der Waals surface area contributed by atoms with Crippen LogP contribution >= 0.6 is 0 Å². The Bertz CT molecular complexity index is 1600. The summed E-state index contributed by atoms with van der Waals surface area (Å²) in [6.45, 7) is 6.50. The summed E-state index contributed by atoms with van der Waals surface area (Å²) in [6.07, 6.45) is 4.67. The first-order valence-corrected chi connectivity index (χ1v) is 12.7. The monoisotopic (exact) mass is 491 g/mol. The zero-order valence-electron chi connectivity index (χ0n) is 21.3. The third kappa shape index (κ3) is 4.50. The fourth-order valence-electron chi connectivity index (χ4n) is 4.82. The van der Waals surface area contributed by atoms with Gasteiger partial charge in [-0.3, -0.25) is 4.79 Å². The van der Waals surface area contributed by atoms with Crippen molar-refractivity contribution in [2.24, 2.45) is 0 Å². The van der Waals surface area contributed by atoms with Crippen LogP contribution in [0.2, 0.25) is 0 Å². The first-order valence-electron chi connectivity index (χ1n) is 12.7. The maximum Gasteiger partial charge on any atom is 0.252 e. The van der Waals surface area contributed by atoms with E-state index in [1.54, 1.807) is 10.9 Å². The molecule has 0 saturated heterocycles. The average molecular weight is 492 g/mol. The highest BCUT2D eigenvalue weighted by Crippen LogP contribution is 2.40. The van der Waals surface area contributed by atoms with Crippen LogP contribution in [0.1, 0.15) is 57.5 Å². The number of amides is 1. The summed E-state index contributed by atoms with van der Waals surface area (Å²) in [4.78, 5) is 22.8. The summed E-state index contributed by atoms with van der Waals surface area (Å²) < 4.78 is 3.69. The number of carbonyl (C=O) groups excluding carboxylic acids is 1. The molecule has 1 N–H and O–H groups in total. The molecule has 1 saturated carbocycles. The molecule has 1 aliphatic rings. The highest BCUT2D eigenvalue weighted by Gasteiger charge is 2.29. The molecule has 1 amide bonds. The van der Waals surface area contributed by atoms with Gasteiger partial charge in [-0.05, 0) is 82.0 Å². The van der Waals surface area contributed by atoms with Crippen LogP contribution in [0.25, 0.3) is 22.5 Å². The molecule has 5 aromatic rings. The number of nitrogens with one attached hydrogen (secondary N) is 1. The zero-order chi connectivity index (χ0) is 25.5. The second-order valence-electron chi connectivity index (χ2n) is 9.76. The molecular weight excluding hydrogens is 462 g/mol. The van der Waals surface area contributed by atoms with Gasteiger partial charge in [-0.25, -0.2) is 14.6 Å². The summed E-state index contributed by atoms with van der Waals surface area (Å²) in [7, 11) is 0. The summed E-state index contributed by atoms with van der Waals surface area (Å²) in [5, 5.41) is 13.2. The lowest BCUT2D eigenvalue weighted by atomic mass is 10.1. The largest absolute Gasteiger partial charge is 0.352 e. The molecular formula is C29H29N7O. The van der Waals surface area contributed by atoms with Crippen molar-refractivity contribution in [1.82, 2.24) is 34.8 Å². The van der Waals surface area contributed by atoms with Crippen LogP contribution in [0.3, 0.4) is 0 Å². The molecule has 6 rings (SSSR count). The predicted molar refractivity (Wildman–Crippen MR) is 142 cm³/mol. The van der Waals surface area contributed by atoms with Crippen molar-refractivity contribution >= 4 is 16.9 Å². The van der Waals surface area contributed by atoms with Crippen LogP contribution in [-0.2, 0) is 6.42 Å². The molecule has 0 unspecified atom stereocenters. The second-order valence-corrected chi connectivity index (χ2v) is 9.76. The van der Waals surface area contributed by atoms with Gasteiger partial charge in [-0.1, -0.05) is 18.2 Å². The number of aryl methyl sites for hydroxylation is 3. The lowest BCUT2D eigenvalue weighted by molar-refractivity contribution is 0.0955. The highest BCUT2D eigenvalue weighted by molar-refractivity contribution is 6.06. The maximum atomic E-state index is 13.4. The zero-order valence-corrected chi connectivity index (χ0v) is 21.3. The van der Waals surface area contributed by atoms with Gasteiger partial charge in [-0.2, -0.15) is 14.9 Å². The third-order valence-corrected chi connectivity index (χ3v) is 6.83. The van der Waals surface area contributed by atoms with Crippen LogP contribution in [0.4, 0.5) is 0 Å². The van der Waals surface area contributed by atoms with Crippen molar-refractivity contribution in [3.05, 3.63) is 94.7 Å². The molecule has 8 nitrogen and oxygen atoms in total. The SMILES string of the molecule is Cc1cc(C)n(-c2ccc(CCNC(=O)c3cc(C4CC4)nc4c3c(C)nn4-c3ccccn3)cc2)n1. The molecule has 4 heterocycles. The van der Waals surface area contributed by atoms with Gasteiger partial charge in [0.05, 0.1) is 28.0 Å². The molecule has 4 aromatic heterocycles. The van der Waals surface area contributed by atoms with Gasteiger partial charge < -0.3 is 5.32 Å². The van der Waals surface area contributed by atoms with E-state index in [1.807, 2.05) is 42.8 Å². The number of fused-ring (bicyclic) bond motifs is 1. The molecule has 0 aliphatic heterocycles. The van der Waals surface area contributed by atoms with Gasteiger partial charge in [0.15, 0.2) is 11.5 Å². The molecule has 8 heteroatoms. The molecule has 37 heavy (non-hydrogen) atoms. The molecule has 0 spiro atoms. The average Bonchev–Trinajstić information content (AvgIpc) is 3.63. The molecule has 0 radical (unpaired) electrons. The Hall–Kier alpha value is -4.33. The van der Waals surface area contributed by atoms with Crippen molar-refractivity contribution in [1.29, 1.82) is 0 Å². The van der Waals surface area contributed by atoms with Crippen molar-refractivity contribution in [2.75, 3.05) is 6.54 Å². The number of carbonyl (C=O) groups is 1. The van der Waals surface area contributed by atoms with E-state index >= 15 is 0 Å². The van der Waals surface area contributed by atoms with Crippen LogP contribution < -0.4 is 5.32 Å². The Morgan fingerprint density at radius 3 is 2.49 bits per heavy atom. The van der Waals surface area contributed by atoms with Gasteiger partial charge in [0, 0.05) is 30.0 Å². The van der Waals surface area contributed by atoms with Gasteiger partial charge >= 0.3 is 0 Å². The van der Waals surface area contributed by atoms with Crippen LogP contribution in [0, 0.1) is 20.8 Å². The van der Waals surface area contributed by atoms with E-state index in [4.69, 9.17) is 10.1 Å². The molecule has 1 aliphatic carbocycles. The minimum Gasteiger partial charge on any atom is -0.352 e. The van der Waals surface area contributed by atoms with Crippen LogP contribution in [-0.4, -0.2) is 42.0 Å². The number of rotatable bonds is 7. The van der Waals surface area contributed by atoms with E-state index in [-0.39, 0.29) is 5.91 Å². The molecule has 1 aromatic carbocycles. The van der Waals surface area contributed by atoms with Crippen molar-refractivity contribution < 1.29 is 4.79 Å². The van der Waals surface area contributed by atoms with Gasteiger partial charge in [0.25, 0.3) is 5.91 Å². The first-order chi connectivity index (χ1) is 18.0. The quantitative estimate of drug-likeness (QED) is 0.354. The molecule has 186 valence electrons. The van der Waals surface area contributed by atoms with Crippen LogP contribution in [0.5, 0.6) is 0 Å². The Labute approximate surface area is 215 Å². The van der Waals surface area contributed by atoms with Crippen molar-refractivity contribution in [3.63, 3.8) is 0 Å². The number of pyridine rings is 2. The Morgan fingerprint density at radius 1 is 1.00 bits per heavy atom. The number of aromatic nitrogens is 6. The highest BCUT2D eigenvalue weighted by atomic mass is 16.1. The summed E-state index contributed by atoms with van der Waals surface area (Å²) in [5.74, 6) is 0.998. The van der Waals surface area contributed by atoms with E-state index in [2.05, 4.69) is 52.7 Å². The molecule has 0 atom stereocenters. The van der Waals surface area contributed by atoms with E-state index in [9.17, 15) is 4.79 Å². The van der Waals surface area contributed by atoms with Crippen LogP contribution in [0.15, 0.2) is 60.8 Å². The van der Waals surface area contributed by atoms with Gasteiger partial charge in [0.1, 0.15) is 0 Å². The van der Waals surface area contributed by atoms with E-state index in [0.29, 0.717) is 29.5 Å². The third-order valence-electron chi connectivity index (χ3n) is 6.83. The van der Waals surface area contributed by atoms with Gasteiger partial charge in [0.2, 0.25) is 0 Å². The van der Waals surface area contributed by atoms with Gasteiger partial charge in [-0.15, -0.1) is 0 Å². The summed E-state index contributed by atoms with van der Waals surface area (Å²) >= 11 is 0. The fraction of sp³-hybridized carbons (Fsp3) is 0.276. The van der Waals surface area contributed by atoms with E-state index in [1.165, 1.54) is 0 Å². The normalized spacial score (nSPS) is 13.3. The predicted octanol–water partition coefficient (Wildman–Crippen LogP) is 4.78. The minimum atomic E-state index is -0.0998. The second kappa shape index (κ2) is 9.28. The van der Waals surface area contributed by atoms with Crippen molar-refractivity contribution in [3.8, 4) is 11.5 Å². The Morgan fingerprint density at radius 2 is 1.81 bits per heavy atom. The number of benzene rings is 1. The first kappa shape index (κ1) is 23.1. The lowest BCUT2D eigenvalue weighted by Crippen LogP contribution is -2.26. The summed E-state index contributed by atoms with van der Waals surface area (Å²) in [6, 6.07) is 18.0. The smallest absolute Gasteiger partial charge is 0.252 e. The minimum absolute atomic E-state index is 0.0998. The molecule has 0 bridgehead atoms. The molecule has 1 fully saturated rings. The standard InChI is InChI=1S/C29H29N7O/c1-18-16-19(2)35(33-18)23-11-7-21(8-12-23)13-15-31-29(37)24-17-25(22-9-10-22)32-28-27(24)20(3)34-36(28)26-6-4-5-14-30-26/h4-8,11-12,14,16-17,22H,9-10,13,15H2,1-3H3,(H,31,37). The number of nitrogens with zero attached hydrogens (tertiary/aromatic N) is 6. The summed E-state index contributed by atoms with van der Waals surface area (Å²) in [5.41, 5.74) is 7.33. The Balaban J connectivity index is 1.22.